The van der Waals surface area contributed by atoms with Crippen LogP contribution in [0.1, 0.15) is 22.8 Å². The lowest BCUT2D eigenvalue weighted by Crippen LogP contribution is -2.22. The number of nitrogens with zero attached hydrogens (tertiary/aromatic N) is 2. The Bertz CT molecular complexity index is 671. The van der Waals surface area contributed by atoms with E-state index in [0.717, 1.165) is 12.1 Å². The Morgan fingerprint density at radius 2 is 1.96 bits per heavy atom. The van der Waals surface area contributed by atoms with Crippen LogP contribution in [0.3, 0.4) is 0 Å². The van der Waals surface area contributed by atoms with Crippen LogP contribution < -0.4 is 4.74 Å². The molecule has 24 heavy (non-hydrogen) atoms. The number of aromatic nitrogens is 2. The average Bonchev–Trinajstić information content (AvgIpc) is 2.60. The van der Waals surface area contributed by atoms with Crippen molar-refractivity contribution in [2.75, 3.05) is 19.8 Å². The molecule has 2 heterocycles. The Morgan fingerprint density at radius 1 is 1.17 bits per heavy atom. The maximum atomic E-state index is 12.6. The van der Waals surface area contributed by atoms with E-state index < -0.39 is 11.7 Å². The normalized spacial score (nSPS) is 18.4. The first kappa shape index (κ1) is 16.7. The Labute approximate surface area is 136 Å². The third kappa shape index (κ3) is 4.01. The van der Waals surface area contributed by atoms with Gasteiger partial charge in [-0.1, -0.05) is 12.1 Å². The third-order valence-corrected chi connectivity index (χ3v) is 3.52. The van der Waals surface area contributed by atoms with Crippen LogP contribution in [0.2, 0.25) is 0 Å². The van der Waals surface area contributed by atoms with Crippen LogP contribution in [0.4, 0.5) is 13.2 Å². The zero-order valence-electron chi connectivity index (χ0n) is 12.6. The number of benzene rings is 1. The highest BCUT2D eigenvalue weighted by molar-refractivity contribution is 5.27. The van der Waals surface area contributed by atoms with Gasteiger partial charge in [-0.05, 0) is 17.7 Å². The molecule has 1 aliphatic rings. The lowest BCUT2D eigenvalue weighted by atomic mass is 10.1. The number of halogens is 3. The molecule has 1 aliphatic heterocycles. The topological polar surface area (TPSA) is 53.5 Å². The lowest BCUT2D eigenvalue weighted by Gasteiger charge is -2.24. The van der Waals surface area contributed by atoms with Gasteiger partial charge in [-0.2, -0.15) is 13.2 Å². The summed E-state index contributed by atoms with van der Waals surface area (Å²) in [5.74, 6) is 0.334. The molecular weight excluding hydrogens is 325 g/mol. The molecule has 128 valence electrons. The van der Waals surface area contributed by atoms with E-state index in [1.54, 1.807) is 6.20 Å². The first-order valence-electron chi connectivity index (χ1n) is 7.32. The fraction of sp³-hybridized carbons (Fsp3) is 0.375. The molecule has 1 aromatic carbocycles. The zero-order valence-corrected chi connectivity index (χ0v) is 12.6. The van der Waals surface area contributed by atoms with Crippen molar-refractivity contribution < 1.29 is 27.4 Å². The number of ether oxygens (including phenoxy) is 3. The van der Waals surface area contributed by atoms with Crippen molar-refractivity contribution in [3.8, 4) is 5.88 Å². The van der Waals surface area contributed by atoms with Crippen molar-refractivity contribution >= 4 is 0 Å². The molecule has 0 spiro atoms. The predicted octanol–water partition coefficient (Wildman–Crippen LogP) is 3.16. The summed E-state index contributed by atoms with van der Waals surface area (Å²) < 4.78 is 54.3. The van der Waals surface area contributed by atoms with Gasteiger partial charge in [-0.25, -0.2) is 9.97 Å². The highest BCUT2D eigenvalue weighted by Crippen LogP contribution is 2.30. The highest BCUT2D eigenvalue weighted by atomic mass is 19.4. The first-order valence-corrected chi connectivity index (χ1v) is 7.32. The van der Waals surface area contributed by atoms with Gasteiger partial charge in [-0.15, -0.1) is 0 Å². The Morgan fingerprint density at radius 3 is 2.62 bits per heavy atom. The molecule has 0 N–H and O–H groups in total. The molecule has 0 bridgehead atoms. The van der Waals surface area contributed by atoms with Gasteiger partial charge in [-0.3, -0.25) is 0 Å². The minimum absolute atomic E-state index is 0.0930. The number of rotatable bonds is 4. The lowest BCUT2D eigenvalue weighted by molar-refractivity contribution is -0.137. The van der Waals surface area contributed by atoms with E-state index in [9.17, 15) is 13.2 Å². The van der Waals surface area contributed by atoms with Crippen LogP contribution in [0.25, 0.3) is 0 Å². The molecule has 1 fully saturated rings. The average molecular weight is 340 g/mol. The molecule has 5 nitrogen and oxygen atoms in total. The van der Waals surface area contributed by atoms with Crippen molar-refractivity contribution in [1.82, 2.24) is 9.97 Å². The molecule has 0 saturated carbocycles. The molecule has 1 unspecified atom stereocenters. The van der Waals surface area contributed by atoms with E-state index in [1.165, 1.54) is 18.5 Å². The maximum absolute atomic E-state index is 12.6. The zero-order chi connectivity index (χ0) is 17.0. The van der Waals surface area contributed by atoms with Crippen LogP contribution >= 0.6 is 0 Å². The summed E-state index contributed by atoms with van der Waals surface area (Å²) >= 11 is 0. The van der Waals surface area contributed by atoms with Crippen molar-refractivity contribution in [3.63, 3.8) is 0 Å². The van der Waals surface area contributed by atoms with E-state index in [2.05, 4.69) is 9.97 Å². The van der Waals surface area contributed by atoms with Crippen LogP contribution in [-0.2, 0) is 22.3 Å². The van der Waals surface area contributed by atoms with Gasteiger partial charge in [0.15, 0.2) is 0 Å². The fourth-order valence-electron chi connectivity index (χ4n) is 2.28. The van der Waals surface area contributed by atoms with E-state index in [0.29, 0.717) is 36.8 Å². The quantitative estimate of drug-likeness (QED) is 0.856. The van der Waals surface area contributed by atoms with Gasteiger partial charge in [0, 0.05) is 6.20 Å². The standard InChI is InChI=1S/C16H15F3N2O3/c17-16(18,19)12-3-1-11(2-4-12)8-24-15-13(7-20-10-21-15)14-9-22-5-6-23-14/h1-4,7,10,14H,5-6,8-9H2. The number of hydrogen-bond acceptors (Lipinski definition) is 5. The van der Waals surface area contributed by atoms with Gasteiger partial charge in [0.25, 0.3) is 0 Å². The van der Waals surface area contributed by atoms with Gasteiger partial charge >= 0.3 is 6.18 Å². The molecule has 0 aliphatic carbocycles. The van der Waals surface area contributed by atoms with Crippen molar-refractivity contribution in [2.45, 2.75) is 18.9 Å². The molecule has 1 atom stereocenters. The summed E-state index contributed by atoms with van der Waals surface area (Å²) in [6, 6.07) is 4.81. The molecule has 0 amide bonds. The monoisotopic (exact) mass is 340 g/mol. The SMILES string of the molecule is FC(F)(F)c1ccc(COc2ncncc2C2COCCO2)cc1. The van der Waals surface area contributed by atoms with Gasteiger partial charge in [0.2, 0.25) is 5.88 Å². The van der Waals surface area contributed by atoms with Crippen LogP contribution in [0.15, 0.2) is 36.8 Å². The number of hydrogen-bond donors (Lipinski definition) is 0. The second-order valence-corrected chi connectivity index (χ2v) is 5.20. The van der Waals surface area contributed by atoms with Crippen molar-refractivity contribution in [3.05, 3.63) is 53.5 Å². The summed E-state index contributed by atoms with van der Waals surface area (Å²) in [7, 11) is 0. The fourth-order valence-corrected chi connectivity index (χ4v) is 2.28. The summed E-state index contributed by atoms with van der Waals surface area (Å²) in [4.78, 5) is 8.04. The van der Waals surface area contributed by atoms with E-state index >= 15 is 0 Å². The Balaban J connectivity index is 1.68. The second kappa shape index (κ2) is 7.14. The van der Waals surface area contributed by atoms with Crippen LogP contribution in [-0.4, -0.2) is 29.8 Å². The van der Waals surface area contributed by atoms with Gasteiger partial charge < -0.3 is 14.2 Å². The second-order valence-electron chi connectivity index (χ2n) is 5.20. The molecule has 3 rings (SSSR count). The highest BCUT2D eigenvalue weighted by Gasteiger charge is 2.30. The first-order chi connectivity index (χ1) is 11.5. The van der Waals surface area contributed by atoms with Crippen LogP contribution in [0, 0.1) is 0 Å². The smallest absolute Gasteiger partial charge is 0.416 e. The minimum Gasteiger partial charge on any atom is -0.472 e. The van der Waals surface area contributed by atoms with Crippen LogP contribution in [0.5, 0.6) is 5.88 Å². The predicted molar refractivity (Wildman–Crippen MR) is 77.3 cm³/mol. The Hall–Kier alpha value is -2.19. The van der Waals surface area contributed by atoms with Gasteiger partial charge in [0.05, 0.1) is 30.9 Å². The minimum atomic E-state index is -4.35. The molecular formula is C16H15F3N2O3. The summed E-state index contributed by atoms with van der Waals surface area (Å²) in [5, 5.41) is 0. The molecule has 8 heteroatoms. The molecule has 2 aromatic rings. The molecule has 1 saturated heterocycles. The van der Waals surface area contributed by atoms with E-state index in [-0.39, 0.29) is 12.7 Å². The summed E-state index contributed by atoms with van der Waals surface area (Å²) in [5.41, 5.74) is 0.569. The third-order valence-electron chi connectivity index (χ3n) is 3.52. The summed E-state index contributed by atoms with van der Waals surface area (Å²) in [6.07, 6.45) is -1.73. The largest absolute Gasteiger partial charge is 0.472 e. The number of alkyl halides is 3. The van der Waals surface area contributed by atoms with E-state index in [4.69, 9.17) is 14.2 Å². The Kier molecular flexibility index (Phi) is 4.96. The molecule has 1 aromatic heterocycles. The van der Waals surface area contributed by atoms with Gasteiger partial charge in [0.1, 0.15) is 19.0 Å². The van der Waals surface area contributed by atoms with E-state index in [1.807, 2.05) is 0 Å². The summed E-state index contributed by atoms with van der Waals surface area (Å²) in [6.45, 7) is 1.48. The maximum Gasteiger partial charge on any atom is 0.416 e. The van der Waals surface area contributed by atoms with Crippen molar-refractivity contribution in [1.29, 1.82) is 0 Å². The molecule has 0 radical (unpaired) electrons. The van der Waals surface area contributed by atoms with Crippen molar-refractivity contribution in [2.24, 2.45) is 0 Å².